The number of carboxylic acids is 2. The van der Waals surface area contributed by atoms with Crippen molar-refractivity contribution in [2.24, 2.45) is 11.7 Å². The number of likely N-dealkylation sites (tertiary alicyclic amines) is 2. The van der Waals surface area contributed by atoms with Crippen LogP contribution in [0, 0.1) is 5.92 Å². The maximum atomic E-state index is 13.8. The van der Waals surface area contributed by atoms with E-state index in [4.69, 9.17) is 10.8 Å². The molecule has 2 saturated heterocycles. The number of hydrogen-bond acceptors (Lipinski definition) is 10. The lowest BCUT2D eigenvalue weighted by atomic mass is 10.0. The van der Waals surface area contributed by atoms with E-state index < -0.39 is 96.1 Å². The van der Waals surface area contributed by atoms with Crippen molar-refractivity contribution in [2.75, 3.05) is 13.1 Å². The Balaban J connectivity index is 1.61. The normalized spacial score (nSPS) is 20.1. The van der Waals surface area contributed by atoms with E-state index >= 15 is 0 Å². The largest absolute Gasteiger partial charge is 0.481 e. The van der Waals surface area contributed by atoms with Crippen LogP contribution < -0.4 is 27.0 Å². The monoisotopic (exact) mass is 719 g/mol. The van der Waals surface area contributed by atoms with Crippen molar-refractivity contribution in [2.45, 2.75) is 115 Å². The molecule has 2 aliphatic heterocycles. The minimum Gasteiger partial charge on any atom is -0.481 e. The Morgan fingerprint density at radius 1 is 0.824 bits per heavy atom. The summed E-state index contributed by atoms with van der Waals surface area (Å²) in [5, 5.41) is 28.4. The van der Waals surface area contributed by atoms with Crippen molar-refractivity contribution in [1.82, 2.24) is 41.0 Å². The molecule has 6 amide bonds. The minimum absolute atomic E-state index is 0.0278. The van der Waals surface area contributed by atoms with Gasteiger partial charge in [-0.15, -0.1) is 0 Å². The molecule has 2 aliphatic rings. The Bertz CT molecular complexity index is 1450. The Morgan fingerprint density at radius 3 is 1.94 bits per heavy atom. The van der Waals surface area contributed by atoms with Gasteiger partial charge in [0.15, 0.2) is 0 Å². The molecule has 2 fully saturated rings. The highest BCUT2D eigenvalue weighted by Gasteiger charge is 2.41. The van der Waals surface area contributed by atoms with E-state index in [2.05, 4.69) is 31.2 Å². The summed E-state index contributed by atoms with van der Waals surface area (Å²) in [4.78, 5) is 111. The molecular formula is C32H49N9O10. The van der Waals surface area contributed by atoms with Gasteiger partial charge in [-0.05, 0) is 51.9 Å². The number of carboxylic acid groups (broad SMARTS) is 2. The van der Waals surface area contributed by atoms with E-state index in [1.807, 2.05) is 13.8 Å². The highest BCUT2D eigenvalue weighted by atomic mass is 16.4. The molecule has 9 N–H and O–H groups in total. The lowest BCUT2D eigenvalue weighted by molar-refractivity contribution is -0.148. The Kier molecular flexibility index (Phi) is 14.4. The number of carbonyl (C=O) groups is 8. The van der Waals surface area contributed by atoms with Gasteiger partial charge in [-0.1, -0.05) is 13.8 Å². The molecule has 1 aromatic rings. The van der Waals surface area contributed by atoms with Crippen LogP contribution in [0.25, 0.3) is 0 Å². The number of aliphatic carboxylic acids is 2. The molecule has 19 nitrogen and oxygen atoms in total. The quantitative estimate of drug-likeness (QED) is 0.0855. The van der Waals surface area contributed by atoms with Crippen LogP contribution in [0.1, 0.15) is 71.9 Å². The van der Waals surface area contributed by atoms with Crippen molar-refractivity contribution in [3.63, 3.8) is 0 Å². The predicted molar refractivity (Wildman–Crippen MR) is 178 cm³/mol. The van der Waals surface area contributed by atoms with Crippen molar-refractivity contribution in [3.05, 3.63) is 18.2 Å². The van der Waals surface area contributed by atoms with Crippen molar-refractivity contribution >= 4 is 47.4 Å². The Morgan fingerprint density at radius 2 is 1.41 bits per heavy atom. The molecule has 282 valence electrons. The summed E-state index contributed by atoms with van der Waals surface area (Å²) in [6.45, 7) is 7.02. The van der Waals surface area contributed by atoms with Crippen molar-refractivity contribution < 1.29 is 48.6 Å². The van der Waals surface area contributed by atoms with E-state index in [-0.39, 0.29) is 38.3 Å². The molecule has 0 aliphatic carbocycles. The van der Waals surface area contributed by atoms with Gasteiger partial charge >= 0.3 is 11.9 Å². The summed E-state index contributed by atoms with van der Waals surface area (Å²) in [6, 6.07) is -7.79. The molecule has 0 saturated carbocycles. The number of H-pyrrole nitrogens is 1. The molecular weight excluding hydrogens is 670 g/mol. The van der Waals surface area contributed by atoms with E-state index in [0.29, 0.717) is 25.0 Å². The first kappa shape index (κ1) is 40.4. The molecule has 0 spiro atoms. The molecule has 19 heteroatoms. The second kappa shape index (κ2) is 18.2. The molecule has 0 radical (unpaired) electrons. The van der Waals surface area contributed by atoms with Gasteiger partial charge in [-0.2, -0.15) is 0 Å². The summed E-state index contributed by atoms with van der Waals surface area (Å²) >= 11 is 0. The lowest BCUT2D eigenvalue weighted by Gasteiger charge is -2.31. The first-order chi connectivity index (χ1) is 24.0. The number of carbonyl (C=O) groups excluding carboxylic acids is 6. The molecule has 51 heavy (non-hydrogen) atoms. The molecule has 3 heterocycles. The van der Waals surface area contributed by atoms with E-state index in [0.717, 1.165) is 0 Å². The zero-order chi connectivity index (χ0) is 38.0. The van der Waals surface area contributed by atoms with Gasteiger partial charge in [0.1, 0.15) is 36.3 Å². The number of hydrogen-bond donors (Lipinski definition) is 8. The average Bonchev–Trinajstić information content (AvgIpc) is 3.85. The van der Waals surface area contributed by atoms with Gasteiger partial charge < -0.3 is 52.0 Å². The maximum Gasteiger partial charge on any atom is 0.326 e. The standard InChI is InChI=1S/C32H49N9O10/c1-16(2)11-21(38-26(44)17(3)36-27(45)20(33)12-19-14-34-15-35-19)31(49)41-10-6-7-23(41)28(46)37-18(4)30(48)40-9-5-8-24(40)29(47)39-22(32(50)51)13-25(42)43/h14-18,20-24H,5-13,33H2,1-4H3,(H,34,35)(H,36,45)(H,37,46)(H,38,44)(H,39,47)(H,42,43)(H,50,51)/t17-,18-,20-,21-,22-,23-,24-/m0/s1. The third-order valence-electron chi connectivity index (χ3n) is 8.80. The Hall–Kier alpha value is -5.07. The number of aromatic amines is 1. The first-order valence-corrected chi connectivity index (χ1v) is 17.0. The number of rotatable bonds is 17. The lowest BCUT2D eigenvalue weighted by Crippen LogP contribution is -2.59. The van der Waals surface area contributed by atoms with Crippen LogP contribution >= 0.6 is 0 Å². The number of imidazole rings is 1. The highest BCUT2D eigenvalue weighted by Crippen LogP contribution is 2.22. The highest BCUT2D eigenvalue weighted by molar-refractivity contribution is 5.97. The number of nitrogens with one attached hydrogen (secondary N) is 5. The van der Waals surface area contributed by atoms with Gasteiger partial charge in [-0.3, -0.25) is 33.6 Å². The molecule has 0 unspecified atom stereocenters. The number of nitrogens with zero attached hydrogens (tertiary/aromatic N) is 3. The second-order valence-corrected chi connectivity index (χ2v) is 13.4. The van der Waals surface area contributed by atoms with Gasteiger partial charge in [-0.25, -0.2) is 9.78 Å². The van der Waals surface area contributed by atoms with Crippen molar-refractivity contribution in [3.8, 4) is 0 Å². The van der Waals surface area contributed by atoms with Gasteiger partial charge in [0, 0.05) is 31.4 Å². The molecule has 0 aromatic carbocycles. The number of aromatic nitrogens is 2. The molecule has 0 bridgehead atoms. The average molecular weight is 720 g/mol. The SMILES string of the molecule is CC(C)C[C@H](NC(=O)[C@H](C)NC(=O)[C@@H](N)Cc1cnc[nH]1)C(=O)N1CCC[C@H]1C(=O)N[C@@H](C)C(=O)N1CCC[C@H]1C(=O)N[C@@H](CC(=O)O)C(=O)O. The summed E-state index contributed by atoms with van der Waals surface area (Å²) in [5.41, 5.74) is 6.63. The summed E-state index contributed by atoms with van der Waals surface area (Å²) in [7, 11) is 0. The third-order valence-corrected chi connectivity index (χ3v) is 8.80. The Labute approximate surface area is 294 Å². The van der Waals surface area contributed by atoms with Crippen LogP contribution in [0.2, 0.25) is 0 Å². The summed E-state index contributed by atoms with van der Waals surface area (Å²) < 4.78 is 0. The van der Waals surface area contributed by atoms with E-state index in [1.54, 1.807) is 0 Å². The molecule has 1 aromatic heterocycles. The second-order valence-electron chi connectivity index (χ2n) is 13.4. The van der Waals surface area contributed by atoms with Gasteiger partial charge in [0.2, 0.25) is 35.4 Å². The molecule has 7 atom stereocenters. The van der Waals surface area contributed by atoms with Gasteiger partial charge in [0.25, 0.3) is 0 Å². The zero-order valence-corrected chi connectivity index (χ0v) is 29.2. The summed E-state index contributed by atoms with van der Waals surface area (Å²) in [5.74, 6) is -6.67. The van der Waals surface area contributed by atoms with Crippen LogP contribution in [-0.2, 0) is 44.8 Å². The van der Waals surface area contributed by atoms with Crippen LogP contribution in [0.15, 0.2) is 12.5 Å². The predicted octanol–water partition coefficient (Wildman–Crippen LogP) is -2.15. The minimum atomic E-state index is -1.68. The number of amides is 6. The van der Waals surface area contributed by atoms with E-state index in [9.17, 15) is 43.5 Å². The van der Waals surface area contributed by atoms with Crippen molar-refractivity contribution in [1.29, 1.82) is 0 Å². The topological polar surface area (TPSA) is 286 Å². The fourth-order valence-electron chi connectivity index (χ4n) is 6.17. The first-order valence-electron chi connectivity index (χ1n) is 17.0. The van der Waals surface area contributed by atoms with Crippen LogP contribution in [0.3, 0.4) is 0 Å². The van der Waals surface area contributed by atoms with Gasteiger partial charge in [0.05, 0.1) is 18.8 Å². The number of nitrogens with two attached hydrogens (primary N) is 1. The smallest absolute Gasteiger partial charge is 0.326 e. The van der Waals surface area contributed by atoms with Crippen LogP contribution in [0.4, 0.5) is 0 Å². The van der Waals surface area contributed by atoms with Crippen LogP contribution in [-0.4, -0.2) is 133 Å². The van der Waals surface area contributed by atoms with Crippen LogP contribution in [0.5, 0.6) is 0 Å². The fourth-order valence-corrected chi connectivity index (χ4v) is 6.17. The maximum absolute atomic E-state index is 13.8. The van der Waals surface area contributed by atoms with E-state index in [1.165, 1.54) is 36.2 Å². The third kappa shape index (κ3) is 11.2. The fraction of sp³-hybridized carbons (Fsp3) is 0.656. The summed E-state index contributed by atoms with van der Waals surface area (Å²) in [6.07, 6.45) is 4.00. The zero-order valence-electron chi connectivity index (χ0n) is 29.2. The molecule has 3 rings (SSSR count).